The molecule has 20 heavy (non-hydrogen) atoms. The van der Waals surface area contributed by atoms with Gasteiger partial charge in [0.25, 0.3) is 5.91 Å². The van der Waals surface area contributed by atoms with Gasteiger partial charge in [0.2, 0.25) is 0 Å². The highest BCUT2D eigenvalue weighted by molar-refractivity contribution is 6.07. The fourth-order valence-corrected chi connectivity index (χ4v) is 1.71. The summed E-state index contributed by atoms with van der Waals surface area (Å²) in [6.45, 7) is 3.44. The van der Waals surface area contributed by atoms with Crippen molar-refractivity contribution in [3.05, 3.63) is 35.1 Å². The van der Waals surface area contributed by atoms with Crippen LogP contribution in [0.25, 0.3) is 0 Å². The first-order valence-electron chi connectivity index (χ1n) is 5.85. The molecular weight excluding hydrogens is 264 g/mol. The van der Waals surface area contributed by atoms with E-state index in [0.717, 1.165) is 0 Å². The average Bonchev–Trinajstić information content (AvgIpc) is 2.80. The Labute approximate surface area is 113 Å². The van der Waals surface area contributed by atoms with Crippen LogP contribution in [0.3, 0.4) is 0 Å². The number of carboxylic acids is 1. The summed E-state index contributed by atoms with van der Waals surface area (Å²) in [5.74, 6) is -1.55. The van der Waals surface area contributed by atoms with Crippen molar-refractivity contribution in [2.24, 2.45) is 0 Å². The number of nitrogens with one attached hydrogen (secondary N) is 1. The molecule has 0 spiro atoms. The molecule has 0 fully saturated rings. The van der Waals surface area contributed by atoms with Crippen LogP contribution in [0.2, 0.25) is 0 Å². The molecule has 104 valence electrons. The van der Waals surface area contributed by atoms with Crippen molar-refractivity contribution in [3.63, 3.8) is 0 Å². The van der Waals surface area contributed by atoms with Gasteiger partial charge in [0.15, 0.2) is 11.5 Å². The summed E-state index contributed by atoms with van der Waals surface area (Å²) in [5, 5.41) is 15.2. The van der Waals surface area contributed by atoms with E-state index >= 15 is 0 Å². The number of aromatic carboxylic acids is 1. The van der Waals surface area contributed by atoms with Gasteiger partial charge >= 0.3 is 5.97 Å². The van der Waals surface area contributed by atoms with Gasteiger partial charge in [-0.3, -0.25) is 4.79 Å². The summed E-state index contributed by atoms with van der Waals surface area (Å²) in [7, 11) is 0. The van der Waals surface area contributed by atoms with Crippen LogP contribution in [0.1, 0.15) is 39.2 Å². The van der Waals surface area contributed by atoms with Crippen LogP contribution < -0.4 is 5.32 Å². The number of hydrogen-bond donors (Lipinski definition) is 2. The summed E-state index contributed by atoms with van der Waals surface area (Å²) in [5.41, 5.74) is 0.461. The van der Waals surface area contributed by atoms with E-state index in [9.17, 15) is 9.59 Å². The van der Waals surface area contributed by atoms with Crippen molar-refractivity contribution in [3.8, 4) is 0 Å². The van der Waals surface area contributed by atoms with Crippen LogP contribution in [-0.4, -0.2) is 32.1 Å². The van der Waals surface area contributed by atoms with E-state index in [4.69, 9.17) is 9.63 Å². The van der Waals surface area contributed by atoms with Gasteiger partial charge < -0.3 is 14.9 Å². The van der Waals surface area contributed by atoms with Crippen molar-refractivity contribution in [2.45, 2.75) is 20.3 Å². The molecule has 8 nitrogen and oxygen atoms in total. The van der Waals surface area contributed by atoms with Crippen LogP contribution in [0, 0.1) is 6.92 Å². The number of nitrogens with zero attached hydrogens (tertiary/aromatic N) is 3. The second-order valence-electron chi connectivity index (χ2n) is 3.93. The first-order valence-corrected chi connectivity index (χ1v) is 5.85. The standard InChI is InChI=1S/C12H12N4O4/c1-3-7-8(6(2)20-16-7)11(17)15-10-9(12(18)19)13-4-5-14-10/h4-5H,3H2,1-2H3,(H,18,19)(H,14,15,17). The molecule has 8 heteroatoms. The number of carbonyl (C=O) groups excluding carboxylic acids is 1. The lowest BCUT2D eigenvalue weighted by atomic mass is 10.1. The highest BCUT2D eigenvalue weighted by Gasteiger charge is 2.22. The molecule has 2 aromatic rings. The van der Waals surface area contributed by atoms with E-state index in [1.165, 1.54) is 12.4 Å². The maximum atomic E-state index is 12.2. The largest absolute Gasteiger partial charge is 0.476 e. The lowest BCUT2D eigenvalue weighted by Gasteiger charge is -2.06. The number of amides is 1. The Hall–Kier alpha value is -2.77. The number of aryl methyl sites for hydroxylation is 2. The molecule has 0 aromatic carbocycles. The number of carboxylic acid groups (broad SMARTS) is 1. The van der Waals surface area contributed by atoms with E-state index in [0.29, 0.717) is 17.9 Å². The maximum absolute atomic E-state index is 12.2. The van der Waals surface area contributed by atoms with E-state index in [-0.39, 0.29) is 17.1 Å². The van der Waals surface area contributed by atoms with Gasteiger partial charge in [-0.2, -0.15) is 0 Å². The van der Waals surface area contributed by atoms with Crippen molar-refractivity contribution in [2.75, 3.05) is 5.32 Å². The Kier molecular flexibility index (Phi) is 3.74. The molecule has 0 atom stereocenters. The molecule has 0 aliphatic rings. The minimum Gasteiger partial charge on any atom is -0.476 e. The third-order valence-corrected chi connectivity index (χ3v) is 2.63. The van der Waals surface area contributed by atoms with Gasteiger partial charge in [0.1, 0.15) is 11.3 Å². The van der Waals surface area contributed by atoms with Crippen LogP contribution in [0.5, 0.6) is 0 Å². The number of anilines is 1. The first-order chi connectivity index (χ1) is 9.54. The maximum Gasteiger partial charge on any atom is 0.358 e. The minimum absolute atomic E-state index is 0.118. The molecule has 2 rings (SSSR count). The molecule has 0 bridgehead atoms. The van der Waals surface area contributed by atoms with Crippen LogP contribution >= 0.6 is 0 Å². The van der Waals surface area contributed by atoms with E-state index in [2.05, 4.69) is 20.4 Å². The number of hydrogen-bond acceptors (Lipinski definition) is 6. The molecule has 2 N–H and O–H groups in total. The molecule has 0 aliphatic carbocycles. The zero-order valence-electron chi connectivity index (χ0n) is 10.9. The molecule has 2 heterocycles. The summed E-state index contributed by atoms with van der Waals surface area (Å²) in [4.78, 5) is 30.6. The van der Waals surface area contributed by atoms with Crippen molar-refractivity contribution < 1.29 is 19.2 Å². The number of aromatic nitrogens is 3. The molecule has 1 amide bonds. The lowest BCUT2D eigenvalue weighted by Crippen LogP contribution is -2.18. The Balaban J connectivity index is 2.33. The van der Waals surface area contributed by atoms with E-state index in [1.807, 2.05) is 6.92 Å². The van der Waals surface area contributed by atoms with Crippen LogP contribution in [-0.2, 0) is 6.42 Å². The molecule has 0 saturated heterocycles. The zero-order chi connectivity index (χ0) is 14.7. The third kappa shape index (κ3) is 2.48. The van der Waals surface area contributed by atoms with Crippen LogP contribution in [0.4, 0.5) is 5.82 Å². The first kappa shape index (κ1) is 13.7. The van der Waals surface area contributed by atoms with Gasteiger partial charge in [-0.25, -0.2) is 14.8 Å². The predicted octanol–water partition coefficient (Wildman–Crippen LogP) is 1.29. The Bertz CT molecular complexity index is 665. The quantitative estimate of drug-likeness (QED) is 0.863. The fourth-order valence-electron chi connectivity index (χ4n) is 1.71. The van der Waals surface area contributed by atoms with Crippen molar-refractivity contribution in [1.82, 2.24) is 15.1 Å². The normalized spacial score (nSPS) is 10.3. The molecule has 0 aliphatic heterocycles. The summed E-state index contributed by atoms with van der Waals surface area (Å²) < 4.78 is 4.96. The Morgan fingerprint density at radius 3 is 2.70 bits per heavy atom. The lowest BCUT2D eigenvalue weighted by molar-refractivity contribution is 0.0691. The number of carbonyl (C=O) groups is 2. The van der Waals surface area contributed by atoms with E-state index in [1.54, 1.807) is 6.92 Å². The smallest absolute Gasteiger partial charge is 0.358 e. The van der Waals surface area contributed by atoms with Crippen molar-refractivity contribution >= 4 is 17.7 Å². The van der Waals surface area contributed by atoms with Crippen LogP contribution in [0.15, 0.2) is 16.9 Å². The monoisotopic (exact) mass is 276 g/mol. The SMILES string of the molecule is CCc1noc(C)c1C(=O)Nc1nccnc1C(=O)O. The van der Waals surface area contributed by atoms with E-state index < -0.39 is 11.9 Å². The second kappa shape index (κ2) is 5.47. The second-order valence-corrected chi connectivity index (χ2v) is 3.93. The van der Waals surface area contributed by atoms with Crippen molar-refractivity contribution in [1.29, 1.82) is 0 Å². The molecule has 2 aromatic heterocycles. The van der Waals surface area contributed by atoms with Gasteiger partial charge in [-0.1, -0.05) is 12.1 Å². The Morgan fingerprint density at radius 1 is 1.35 bits per heavy atom. The molecular formula is C12H12N4O4. The zero-order valence-corrected chi connectivity index (χ0v) is 10.9. The predicted molar refractivity (Wildman–Crippen MR) is 67.6 cm³/mol. The van der Waals surface area contributed by atoms with Gasteiger partial charge in [0.05, 0.1) is 5.69 Å². The summed E-state index contributed by atoms with van der Waals surface area (Å²) in [6, 6.07) is 0. The van der Waals surface area contributed by atoms with Gasteiger partial charge in [-0.15, -0.1) is 0 Å². The summed E-state index contributed by atoms with van der Waals surface area (Å²) >= 11 is 0. The third-order valence-electron chi connectivity index (χ3n) is 2.63. The number of rotatable bonds is 4. The topological polar surface area (TPSA) is 118 Å². The molecule has 0 saturated carbocycles. The average molecular weight is 276 g/mol. The molecule has 0 unspecified atom stereocenters. The Morgan fingerprint density at radius 2 is 2.05 bits per heavy atom. The highest BCUT2D eigenvalue weighted by Crippen LogP contribution is 2.17. The summed E-state index contributed by atoms with van der Waals surface area (Å²) in [6.07, 6.45) is 3.05. The fraction of sp³-hybridized carbons (Fsp3) is 0.250. The van der Waals surface area contributed by atoms with Gasteiger partial charge in [0, 0.05) is 12.4 Å². The minimum atomic E-state index is -1.27. The molecule has 0 radical (unpaired) electrons. The highest BCUT2D eigenvalue weighted by atomic mass is 16.5. The van der Waals surface area contributed by atoms with Gasteiger partial charge in [-0.05, 0) is 13.3 Å².